The monoisotopic (exact) mass is 318 g/mol. The number of hydrogen-bond acceptors (Lipinski definition) is 2. The summed E-state index contributed by atoms with van der Waals surface area (Å²) in [5.41, 5.74) is 0. The maximum absolute atomic E-state index is 6.27. The summed E-state index contributed by atoms with van der Waals surface area (Å²) in [4.78, 5) is 0. The van der Waals surface area contributed by atoms with Crippen molar-refractivity contribution < 1.29 is 4.52 Å². The lowest BCUT2D eigenvalue weighted by molar-refractivity contribution is 0.343. The third-order valence-electron chi connectivity index (χ3n) is 3.46. The van der Waals surface area contributed by atoms with Crippen molar-refractivity contribution >= 4 is 28.7 Å². The average molecular weight is 318 g/mol. The molecule has 0 aliphatic rings. The fourth-order valence-corrected chi connectivity index (χ4v) is 5.33. The molecule has 0 N–H and O–H groups in total. The molecule has 3 heteroatoms. The largest absolute Gasteiger partial charge is 0.342 e. The highest BCUT2D eigenvalue weighted by Crippen LogP contribution is 2.45. The minimum atomic E-state index is -2.14. The first-order valence-corrected chi connectivity index (χ1v) is 10.3. The fourth-order valence-electron chi connectivity index (χ4n) is 2.27. The first-order valence-electron chi connectivity index (χ1n) is 7.63. The van der Waals surface area contributed by atoms with E-state index >= 15 is 0 Å². The summed E-state index contributed by atoms with van der Waals surface area (Å²) in [5.74, 6) is 0. The maximum atomic E-state index is 6.27. The molecule has 0 aliphatic heterocycles. The lowest BCUT2D eigenvalue weighted by Gasteiger charge is -2.23. The van der Waals surface area contributed by atoms with Gasteiger partial charge in [-0.2, -0.15) is 0 Å². The van der Waals surface area contributed by atoms with Crippen molar-refractivity contribution in [2.24, 2.45) is 0 Å². The Morgan fingerprint density at radius 3 is 1.81 bits per heavy atom. The molecular formula is C18H23OPS. The molecule has 0 aromatic heterocycles. The third kappa shape index (κ3) is 4.51. The van der Waals surface area contributed by atoms with Gasteiger partial charge in [-0.25, -0.2) is 0 Å². The van der Waals surface area contributed by atoms with Gasteiger partial charge in [0.25, 0.3) is 0 Å². The third-order valence-corrected chi connectivity index (χ3v) is 7.55. The minimum Gasteiger partial charge on any atom is -0.342 e. The highest BCUT2D eigenvalue weighted by molar-refractivity contribution is 8.19. The second kappa shape index (κ2) is 8.48. The van der Waals surface area contributed by atoms with Crippen molar-refractivity contribution in [2.75, 3.05) is 6.61 Å². The van der Waals surface area contributed by atoms with E-state index in [4.69, 9.17) is 16.3 Å². The van der Waals surface area contributed by atoms with Crippen LogP contribution >= 0.6 is 6.26 Å². The maximum Gasteiger partial charge on any atom is 0.123 e. The molecular weight excluding hydrogens is 295 g/mol. The van der Waals surface area contributed by atoms with E-state index in [1.165, 1.54) is 19.3 Å². The van der Waals surface area contributed by atoms with Crippen LogP contribution in [-0.2, 0) is 16.3 Å². The van der Waals surface area contributed by atoms with Gasteiger partial charge in [0, 0.05) is 10.6 Å². The van der Waals surface area contributed by atoms with Crippen LogP contribution in [0.1, 0.15) is 32.6 Å². The van der Waals surface area contributed by atoms with Gasteiger partial charge in [0.05, 0.1) is 6.61 Å². The number of unbranched alkanes of at least 4 members (excludes halogenated alkanes) is 3. The number of benzene rings is 2. The van der Waals surface area contributed by atoms with Crippen molar-refractivity contribution in [3.05, 3.63) is 60.7 Å². The zero-order chi connectivity index (χ0) is 15.0. The van der Waals surface area contributed by atoms with Gasteiger partial charge in [-0.3, -0.25) is 0 Å². The Labute approximate surface area is 133 Å². The smallest absolute Gasteiger partial charge is 0.123 e. The van der Waals surface area contributed by atoms with Gasteiger partial charge in [0.2, 0.25) is 0 Å². The Balaban J connectivity index is 2.18. The Bertz CT molecular complexity index is 525. The van der Waals surface area contributed by atoms with Gasteiger partial charge in [0.15, 0.2) is 0 Å². The summed E-state index contributed by atoms with van der Waals surface area (Å²) in [6.45, 7) is 2.97. The van der Waals surface area contributed by atoms with Crippen molar-refractivity contribution in [1.29, 1.82) is 0 Å². The van der Waals surface area contributed by atoms with Crippen molar-refractivity contribution in [1.82, 2.24) is 0 Å². The quantitative estimate of drug-likeness (QED) is 0.518. The molecule has 0 heterocycles. The molecule has 0 radical (unpaired) electrons. The second-order valence-electron chi connectivity index (χ2n) is 5.12. The van der Waals surface area contributed by atoms with Crippen LogP contribution in [0.5, 0.6) is 0 Å². The molecule has 112 valence electrons. The van der Waals surface area contributed by atoms with Crippen molar-refractivity contribution in [3.63, 3.8) is 0 Å². The average Bonchev–Trinajstić information content (AvgIpc) is 2.56. The molecule has 0 saturated carbocycles. The predicted molar refractivity (Wildman–Crippen MR) is 96.5 cm³/mol. The Kier molecular flexibility index (Phi) is 6.63. The van der Waals surface area contributed by atoms with Gasteiger partial charge >= 0.3 is 0 Å². The molecule has 0 spiro atoms. The first-order chi connectivity index (χ1) is 10.3. The summed E-state index contributed by atoms with van der Waals surface area (Å²) in [5, 5.41) is 2.28. The van der Waals surface area contributed by atoms with E-state index in [1.807, 2.05) is 36.4 Å². The van der Waals surface area contributed by atoms with Gasteiger partial charge in [-0.1, -0.05) is 98.7 Å². The van der Waals surface area contributed by atoms with Crippen LogP contribution < -0.4 is 10.6 Å². The van der Waals surface area contributed by atoms with Crippen molar-refractivity contribution in [3.8, 4) is 0 Å². The van der Waals surface area contributed by atoms with Crippen molar-refractivity contribution in [2.45, 2.75) is 32.6 Å². The van der Waals surface area contributed by atoms with Crippen LogP contribution in [0.15, 0.2) is 60.7 Å². The molecule has 0 fully saturated rings. The Morgan fingerprint density at radius 1 is 0.810 bits per heavy atom. The molecule has 0 saturated heterocycles. The molecule has 2 aromatic carbocycles. The molecule has 0 atom stereocenters. The number of hydrogen-bond donors (Lipinski definition) is 0. The summed E-state index contributed by atoms with van der Waals surface area (Å²) in [6, 6.07) is 20.6. The van der Waals surface area contributed by atoms with E-state index in [9.17, 15) is 0 Å². The molecule has 21 heavy (non-hydrogen) atoms. The van der Waals surface area contributed by atoms with E-state index < -0.39 is 6.26 Å². The molecule has 0 unspecified atom stereocenters. The van der Waals surface area contributed by atoms with E-state index in [1.54, 1.807) is 0 Å². The summed E-state index contributed by atoms with van der Waals surface area (Å²) in [7, 11) is 0. The summed E-state index contributed by atoms with van der Waals surface area (Å²) in [6.07, 6.45) is 2.68. The Morgan fingerprint density at radius 2 is 1.33 bits per heavy atom. The standard InChI is InChI=1S/C18H23OPS/c1-2-3-4-11-16-19-20(21,17-12-7-5-8-13-17)18-14-9-6-10-15-18/h5-10,12-15H,2-4,11,16H2,1H3. The fraction of sp³-hybridized carbons (Fsp3) is 0.333. The topological polar surface area (TPSA) is 9.23 Å². The van der Waals surface area contributed by atoms with Gasteiger partial charge in [0.1, 0.15) is 6.26 Å². The van der Waals surface area contributed by atoms with E-state index in [0.717, 1.165) is 23.6 Å². The van der Waals surface area contributed by atoms with Crippen LogP contribution in [0, 0.1) is 0 Å². The molecule has 0 bridgehead atoms. The zero-order valence-corrected chi connectivity index (χ0v) is 14.3. The SMILES string of the molecule is CCCCCCOP(=S)(c1ccccc1)c1ccccc1. The lowest BCUT2D eigenvalue weighted by atomic mass is 10.2. The lowest BCUT2D eigenvalue weighted by Crippen LogP contribution is -2.18. The van der Waals surface area contributed by atoms with Gasteiger partial charge < -0.3 is 4.52 Å². The van der Waals surface area contributed by atoms with E-state index in [0.29, 0.717) is 0 Å². The zero-order valence-electron chi connectivity index (χ0n) is 12.6. The first kappa shape index (κ1) is 16.4. The van der Waals surface area contributed by atoms with Crippen LogP contribution in [-0.4, -0.2) is 6.61 Å². The van der Waals surface area contributed by atoms with E-state index in [2.05, 4.69) is 31.2 Å². The minimum absolute atomic E-state index is 0.751. The summed E-state index contributed by atoms with van der Waals surface area (Å²) < 4.78 is 6.27. The predicted octanol–water partition coefficient (Wildman–Crippen LogP) is 4.63. The van der Waals surface area contributed by atoms with Crippen LogP contribution in [0.4, 0.5) is 0 Å². The van der Waals surface area contributed by atoms with Crippen LogP contribution in [0.3, 0.4) is 0 Å². The summed E-state index contributed by atoms with van der Waals surface area (Å²) >= 11 is 6.00. The number of rotatable bonds is 8. The normalized spacial score (nSPS) is 11.5. The molecule has 0 amide bonds. The van der Waals surface area contributed by atoms with Crippen LogP contribution in [0.25, 0.3) is 0 Å². The Hall–Kier alpha value is -0.950. The molecule has 2 rings (SSSR count). The highest BCUT2D eigenvalue weighted by atomic mass is 32.4. The molecule has 0 aliphatic carbocycles. The molecule has 2 aromatic rings. The highest BCUT2D eigenvalue weighted by Gasteiger charge is 2.22. The van der Waals surface area contributed by atoms with Gasteiger partial charge in [-0.05, 0) is 6.42 Å². The van der Waals surface area contributed by atoms with Gasteiger partial charge in [-0.15, -0.1) is 0 Å². The van der Waals surface area contributed by atoms with E-state index in [-0.39, 0.29) is 0 Å². The van der Waals surface area contributed by atoms with Crippen LogP contribution in [0.2, 0.25) is 0 Å². The molecule has 1 nitrogen and oxygen atoms in total. The second-order valence-corrected chi connectivity index (χ2v) is 9.05.